The van der Waals surface area contributed by atoms with Crippen LogP contribution in [0.2, 0.25) is 0 Å². The Hall–Kier alpha value is -2.04. The van der Waals surface area contributed by atoms with E-state index in [1.54, 1.807) is 19.5 Å². The third kappa shape index (κ3) is 3.31. The van der Waals surface area contributed by atoms with Crippen LogP contribution >= 0.6 is 0 Å². The van der Waals surface area contributed by atoms with Gasteiger partial charge in [0.2, 0.25) is 0 Å². The molecule has 10 heteroatoms. The molecule has 2 saturated heterocycles. The van der Waals surface area contributed by atoms with E-state index in [2.05, 4.69) is 20.0 Å². The standard InChI is InChI=1S/C16H23N7O2S/c1-14-18-15(13-16(19-14)23-8-4-5-17-23)20-9-11-22(12-10-20)26(24,25)21-6-2-3-7-21/h4-5,8,13H,2-3,6-7,9-12H2,1H3. The van der Waals surface area contributed by atoms with Gasteiger partial charge in [-0.1, -0.05) is 0 Å². The quantitative estimate of drug-likeness (QED) is 0.768. The van der Waals surface area contributed by atoms with Gasteiger partial charge in [-0.15, -0.1) is 0 Å². The fourth-order valence-corrected chi connectivity index (χ4v) is 5.12. The summed E-state index contributed by atoms with van der Waals surface area (Å²) in [5, 5.41) is 4.22. The summed E-state index contributed by atoms with van der Waals surface area (Å²) in [6.45, 7) is 5.30. The Morgan fingerprint density at radius 3 is 2.23 bits per heavy atom. The molecular formula is C16H23N7O2S. The third-order valence-corrected chi connectivity index (χ3v) is 6.87. The molecule has 2 aliphatic heterocycles. The average Bonchev–Trinajstić information content (AvgIpc) is 3.35. The van der Waals surface area contributed by atoms with Crippen LogP contribution in [0.3, 0.4) is 0 Å². The van der Waals surface area contributed by atoms with Crippen LogP contribution in [-0.2, 0) is 10.2 Å². The van der Waals surface area contributed by atoms with Gasteiger partial charge >= 0.3 is 0 Å². The number of rotatable bonds is 4. The third-order valence-electron chi connectivity index (χ3n) is 4.83. The summed E-state index contributed by atoms with van der Waals surface area (Å²) in [6, 6.07) is 3.74. The van der Waals surface area contributed by atoms with Gasteiger partial charge in [0, 0.05) is 57.7 Å². The highest BCUT2D eigenvalue weighted by molar-refractivity contribution is 7.86. The van der Waals surface area contributed by atoms with Crippen LogP contribution in [0.5, 0.6) is 0 Å². The Morgan fingerprint density at radius 2 is 1.58 bits per heavy atom. The van der Waals surface area contributed by atoms with E-state index in [4.69, 9.17) is 0 Å². The Labute approximate surface area is 153 Å². The second kappa shape index (κ2) is 6.93. The predicted molar refractivity (Wildman–Crippen MR) is 97.4 cm³/mol. The van der Waals surface area contributed by atoms with Crippen LogP contribution in [0.15, 0.2) is 24.5 Å². The predicted octanol–water partition coefficient (Wildman–Crippen LogP) is 0.433. The lowest BCUT2D eigenvalue weighted by molar-refractivity contribution is 0.343. The SMILES string of the molecule is Cc1nc(N2CCN(S(=O)(=O)N3CCCC3)CC2)cc(-n2cccn2)n1. The van der Waals surface area contributed by atoms with Crippen molar-refractivity contribution in [2.45, 2.75) is 19.8 Å². The molecule has 2 aromatic rings. The van der Waals surface area contributed by atoms with Crippen molar-refractivity contribution in [3.05, 3.63) is 30.4 Å². The van der Waals surface area contributed by atoms with Crippen LogP contribution in [0.25, 0.3) is 5.82 Å². The first-order valence-corrected chi connectivity index (χ1v) is 10.3. The maximum atomic E-state index is 12.7. The van der Waals surface area contributed by atoms with Gasteiger partial charge in [-0.3, -0.25) is 0 Å². The Kier molecular flexibility index (Phi) is 4.63. The number of hydrogen-bond acceptors (Lipinski definition) is 6. The molecular weight excluding hydrogens is 354 g/mol. The molecule has 140 valence electrons. The summed E-state index contributed by atoms with van der Waals surface area (Å²) in [7, 11) is -3.33. The highest BCUT2D eigenvalue weighted by Gasteiger charge is 2.34. The number of piperazine rings is 1. The van der Waals surface area contributed by atoms with Crippen molar-refractivity contribution in [1.82, 2.24) is 28.4 Å². The van der Waals surface area contributed by atoms with Crippen molar-refractivity contribution >= 4 is 16.0 Å². The first-order valence-electron chi connectivity index (χ1n) is 8.90. The largest absolute Gasteiger partial charge is 0.354 e. The zero-order valence-electron chi connectivity index (χ0n) is 14.8. The molecule has 2 aromatic heterocycles. The molecule has 0 aliphatic carbocycles. The lowest BCUT2D eigenvalue weighted by Gasteiger charge is -2.36. The van der Waals surface area contributed by atoms with Crippen LogP contribution in [-0.4, -0.2) is 76.0 Å². The second-order valence-electron chi connectivity index (χ2n) is 6.58. The minimum absolute atomic E-state index is 0.471. The van der Waals surface area contributed by atoms with E-state index in [-0.39, 0.29) is 0 Å². The van der Waals surface area contributed by atoms with Gasteiger partial charge in [0.05, 0.1) is 0 Å². The highest BCUT2D eigenvalue weighted by atomic mass is 32.2. The summed E-state index contributed by atoms with van der Waals surface area (Å²) >= 11 is 0. The van der Waals surface area contributed by atoms with Crippen molar-refractivity contribution in [2.24, 2.45) is 0 Å². The zero-order valence-corrected chi connectivity index (χ0v) is 15.6. The van der Waals surface area contributed by atoms with E-state index in [1.165, 1.54) is 0 Å². The Morgan fingerprint density at radius 1 is 0.923 bits per heavy atom. The monoisotopic (exact) mass is 377 g/mol. The summed E-state index contributed by atoms with van der Waals surface area (Å²) in [5.41, 5.74) is 0. The van der Waals surface area contributed by atoms with Gasteiger partial charge < -0.3 is 4.90 Å². The van der Waals surface area contributed by atoms with Gasteiger partial charge in [0.1, 0.15) is 11.6 Å². The number of aryl methyl sites for hydroxylation is 1. The fraction of sp³-hybridized carbons (Fsp3) is 0.562. The van der Waals surface area contributed by atoms with E-state index in [0.29, 0.717) is 50.9 Å². The molecule has 0 bridgehead atoms. The molecule has 0 radical (unpaired) electrons. The molecule has 2 aliphatic rings. The highest BCUT2D eigenvalue weighted by Crippen LogP contribution is 2.21. The number of aromatic nitrogens is 4. The number of nitrogens with zero attached hydrogens (tertiary/aromatic N) is 7. The summed E-state index contributed by atoms with van der Waals surface area (Å²) in [4.78, 5) is 11.1. The van der Waals surface area contributed by atoms with Crippen LogP contribution in [0.1, 0.15) is 18.7 Å². The Bertz CT molecular complexity index is 855. The van der Waals surface area contributed by atoms with Crippen molar-refractivity contribution in [3.63, 3.8) is 0 Å². The number of hydrogen-bond donors (Lipinski definition) is 0. The molecule has 4 rings (SSSR count). The van der Waals surface area contributed by atoms with Crippen molar-refractivity contribution < 1.29 is 8.42 Å². The van der Waals surface area contributed by atoms with Crippen LogP contribution in [0, 0.1) is 6.92 Å². The maximum absolute atomic E-state index is 12.7. The lowest BCUT2D eigenvalue weighted by Crippen LogP contribution is -2.52. The van der Waals surface area contributed by atoms with E-state index in [1.807, 2.05) is 25.3 Å². The molecule has 0 atom stereocenters. The minimum Gasteiger partial charge on any atom is -0.354 e. The van der Waals surface area contributed by atoms with Crippen LogP contribution < -0.4 is 4.90 Å². The number of anilines is 1. The van der Waals surface area contributed by atoms with Crippen molar-refractivity contribution in [1.29, 1.82) is 0 Å². The van der Waals surface area contributed by atoms with Gasteiger partial charge in [-0.25, -0.2) is 14.6 Å². The second-order valence-corrected chi connectivity index (χ2v) is 8.51. The van der Waals surface area contributed by atoms with E-state index >= 15 is 0 Å². The molecule has 0 amide bonds. The molecule has 4 heterocycles. The van der Waals surface area contributed by atoms with Gasteiger partial charge in [0.25, 0.3) is 10.2 Å². The smallest absolute Gasteiger partial charge is 0.282 e. The van der Waals surface area contributed by atoms with Crippen LogP contribution in [0.4, 0.5) is 5.82 Å². The summed E-state index contributed by atoms with van der Waals surface area (Å²) < 4.78 is 30.3. The molecule has 2 fully saturated rings. The van der Waals surface area contributed by atoms with Gasteiger partial charge in [0.15, 0.2) is 5.82 Å². The fourth-order valence-electron chi connectivity index (χ4n) is 3.45. The van der Waals surface area contributed by atoms with Gasteiger partial charge in [-0.05, 0) is 25.8 Å². The molecule has 9 nitrogen and oxygen atoms in total. The maximum Gasteiger partial charge on any atom is 0.282 e. The first kappa shape index (κ1) is 17.4. The molecule has 0 saturated carbocycles. The molecule has 26 heavy (non-hydrogen) atoms. The van der Waals surface area contributed by atoms with Crippen molar-refractivity contribution in [3.8, 4) is 5.82 Å². The topological polar surface area (TPSA) is 87.5 Å². The molecule has 0 spiro atoms. The van der Waals surface area contributed by atoms with Gasteiger partial charge in [-0.2, -0.15) is 22.1 Å². The molecule has 0 aromatic carbocycles. The van der Waals surface area contributed by atoms with E-state index in [9.17, 15) is 8.42 Å². The first-order chi connectivity index (χ1) is 12.5. The normalized spacial score (nSPS) is 20.0. The molecule has 0 unspecified atom stereocenters. The van der Waals surface area contributed by atoms with Crippen molar-refractivity contribution in [2.75, 3.05) is 44.2 Å². The van der Waals surface area contributed by atoms with E-state index < -0.39 is 10.2 Å². The van der Waals surface area contributed by atoms with E-state index in [0.717, 1.165) is 18.7 Å². The Balaban J connectivity index is 1.48. The summed E-state index contributed by atoms with van der Waals surface area (Å²) in [6.07, 6.45) is 5.45. The lowest BCUT2D eigenvalue weighted by atomic mass is 10.3. The molecule has 0 N–H and O–H groups in total. The zero-order chi connectivity index (χ0) is 18.1. The minimum atomic E-state index is -3.33. The average molecular weight is 377 g/mol. The summed E-state index contributed by atoms with van der Waals surface area (Å²) in [5.74, 6) is 2.19.